The third kappa shape index (κ3) is 2.29. The van der Waals surface area contributed by atoms with Crippen LogP contribution in [0, 0.1) is 18.8 Å². The number of unbranched alkanes of at least 4 members (excludes halogenated alkanes) is 1. The zero-order chi connectivity index (χ0) is 17.1. The molecule has 0 aromatic carbocycles. The second kappa shape index (κ2) is 5.39. The first-order chi connectivity index (χ1) is 12.1. The van der Waals surface area contributed by atoms with Crippen molar-refractivity contribution in [2.75, 3.05) is 0 Å². The van der Waals surface area contributed by atoms with Gasteiger partial charge in [-0.05, 0) is 63.7 Å². The zero-order valence-corrected chi connectivity index (χ0v) is 15.4. The molecule has 4 bridgehead atoms. The van der Waals surface area contributed by atoms with Crippen LogP contribution in [0.3, 0.4) is 0 Å². The maximum absolute atomic E-state index is 4.97. The van der Waals surface area contributed by atoms with Crippen LogP contribution in [-0.2, 0) is 17.5 Å². The lowest BCUT2D eigenvalue weighted by atomic mass is 9.46. The summed E-state index contributed by atoms with van der Waals surface area (Å²) in [6, 6.07) is 0. The molecule has 4 aliphatic carbocycles. The van der Waals surface area contributed by atoms with E-state index < -0.39 is 0 Å². The van der Waals surface area contributed by atoms with Gasteiger partial charge in [0.15, 0.2) is 0 Å². The fraction of sp³-hybridized carbons (Fsp3) is 0.789. The molecule has 6 rings (SSSR count). The summed E-state index contributed by atoms with van der Waals surface area (Å²) < 4.78 is 4.42. The molecule has 2 aromatic rings. The van der Waals surface area contributed by atoms with E-state index in [0.717, 1.165) is 30.6 Å². The van der Waals surface area contributed by atoms with E-state index in [1.54, 1.807) is 6.33 Å². The van der Waals surface area contributed by atoms with Gasteiger partial charge in [-0.15, -0.1) is 0 Å². The fourth-order valence-corrected chi connectivity index (χ4v) is 6.51. The van der Waals surface area contributed by atoms with Gasteiger partial charge in [0.25, 0.3) is 0 Å². The number of hydrogen-bond donors (Lipinski definition) is 0. The molecule has 6 nitrogen and oxygen atoms in total. The van der Waals surface area contributed by atoms with Crippen LogP contribution in [0.1, 0.15) is 69.9 Å². The van der Waals surface area contributed by atoms with Gasteiger partial charge in [-0.3, -0.25) is 0 Å². The van der Waals surface area contributed by atoms with Crippen molar-refractivity contribution in [3.63, 3.8) is 0 Å². The minimum Gasteiger partial charge on any atom is -0.249 e. The minimum atomic E-state index is 0.149. The Kier molecular flexibility index (Phi) is 3.35. The molecular formula is C19H28N6. The van der Waals surface area contributed by atoms with E-state index in [2.05, 4.69) is 26.4 Å². The molecule has 4 saturated carbocycles. The number of hydrogen-bond acceptors (Lipinski definition) is 4. The highest BCUT2D eigenvalue weighted by atomic mass is 15.4. The summed E-state index contributed by atoms with van der Waals surface area (Å²) in [5.74, 6) is 3.78. The summed E-state index contributed by atoms with van der Waals surface area (Å²) in [5.41, 5.74) is 0.334. The van der Waals surface area contributed by atoms with Crippen molar-refractivity contribution in [2.24, 2.45) is 11.8 Å². The molecule has 0 amide bonds. The maximum atomic E-state index is 4.97. The van der Waals surface area contributed by atoms with Crippen LogP contribution in [-0.4, -0.2) is 29.5 Å². The predicted molar refractivity (Wildman–Crippen MR) is 94.0 cm³/mol. The Bertz CT molecular complexity index is 747. The summed E-state index contributed by atoms with van der Waals surface area (Å²) in [6.45, 7) is 5.29. The number of nitrogens with zero attached hydrogens (tertiary/aromatic N) is 6. The van der Waals surface area contributed by atoms with Crippen molar-refractivity contribution in [2.45, 2.75) is 82.7 Å². The predicted octanol–water partition coefficient (Wildman–Crippen LogP) is 3.23. The van der Waals surface area contributed by atoms with E-state index in [1.807, 2.05) is 13.3 Å². The maximum Gasteiger partial charge on any atom is 0.147 e. The lowest BCUT2D eigenvalue weighted by molar-refractivity contribution is -0.0730. The topological polar surface area (TPSA) is 61.4 Å². The standard InChI is InChI=1S/C19H28N6/c1-3-4-5-24-17(22-14(2)23-24)18-7-15-6-16(8-18)10-19(9-15,11-18)25-13-20-12-21-25/h12-13,15-16H,3-11H2,1-2H3/t15-,16-,18?,19?/m0/s1. The van der Waals surface area contributed by atoms with Gasteiger partial charge in [0.05, 0.1) is 5.54 Å². The molecule has 0 aliphatic heterocycles. The van der Waals surface area contributed by atoms with Gasteiger partial charge in [-0.25, -0.2) is 19.3 Å². The van der Waals surface area contributed by atoms with Gasteiger partial charge in [0.2, 0.25) is 0 Å². The van der Waals surface area contributed by atoms with Crippen LogP contribution < -0.4 is 0 Å². The summed E-state index contributed by atoms with van der Waals surface area (Å²) in [4.78, 5) is 9.23. The van der Waals surface area contributed by atoms with Crippen molar-refractivity contribution in [1.82, 2.24) is 29.5 Å². The van der Waals surface area contributed by atoms with Gasteiger partial charge >= 0.3 is 0 Å². The molecule has 4 fully saturated rings. The summed E-state index contributed by atoms with van der Waals surface area (Å²) in [5, 5.41) is 9.33. The number of aryl methyl sites for hydroxylation is 2. The van der Waals surface area contributed by atoms with E-state index in [4.69, 9.17) is 10.1 Å². The van der Waals surface area contributed by atoms with Gasteiger partial charge in [0, 0.05) is 12.0 Å². The van der Waals surface area contributed by atoms with E-state index in [9.17, 15) is 0 Å². The van der Waals surface area contributed by atoms with Gasteiger partial charge < -0.3 is 0 Å². The highest BCUT2D eigenvalue weighted by Crippen LogP contribution is 2.64. The average Bonchev–Trinajstić information content (AvgIpc) is 3.22. The number of aromatic nitrogens is 6. The van der Waals surface area contributed by atoms with Gasteiger partial charge in [-0.1, -0.05) is 13.3 Å². The van der Waals surface area contributed by atoms with Crippen molar-refractivity contribution < 1.29 is 0 Å². The second-order valence-corrected chi connectivity index (χ2v) is 8.87. The van der Waals surface area contributed by atoms with Crippen LogP contribution in [0.25, 0.3) is 0 Å². The van der Waals surface area contributed by atoms with Crippen molar-refractivity contribution in [3.8, 4) is 0 Å². The van der Waals surface area contributed by atoms with Crippen LogP contribution in [0.2, 0.25) is 0 Å². The third-order valence-electron chi connectivity index (χ3n) is 6.91. The van der Waals surface area contributed by atoms with E-state index >= 15 is 0 Å². The van der Waals surface area contributed by atoms with E-state index in [0.29, 0.717) is 0 Å². The van der Waals surface area contributed by atoms with Crippen LogP contribution >= 0.6 is 0 Å². The van der Waals surface area contributed by atoms with E-state index in [1.165, 1.54) is 50.8 Å². The van der Waals surface area contributed by atoms with Crippen LogP contribution in [0.4, 0.5) is 0 Å². The summed E-state index contributed by atoms with van der Waals surface area (Å²) in [6.07, 6.45) is 13.6. The Morgan fingerprint density at radius 2 is 2.00 bits per heavy atom. The molecule has 6 heteroatoms. The molecule has 0 radical (unpaired) electrons. The molecule has 0 N–H and O–H groups in total. The zero-order valence-electron chi connectivity index (χ0n) is 15.4. The highest BCUT2D eigenvalue weighted by Gasteiger charge is 2.61. The Balaban J connectivity index is 1.58. The molecule has 2 aromatic heterocycles. The fourth-order valence-electron chi connectivity index (χ4n) is 6.51. The monoisotopic (exact) mass is 340 g/mol. The average molecular weight is 340 g/mol. The molecule has 134 valence electrons. The Morgan fingerprint density at radius 1 is 1.20 bits per heavy atom. The van der Waals surface area contributed by atoms with Crippen molar-refractivity contribution >= 4 is 0 Å². The second-order valence-electron chi connectivity index (χ2n) is 8.87. The molecule has 4 aliphatic rings. The summed E-state index contributed by atoms with van der Waals surface area (Å²) >= 11 is 0. The molecule has 2 heterocycles. The first-order valence-electron chi connectivity index (χ1n) is 9.89. The lowest BCUT2D eigenvalue weighted by Gasteiger charge is -2.61. The Morgan fingerprint density at radius 3 is 2.68 bits per heavy atom. The highest BCUT2D eigenvalue weighted by molar-refractivity contribution is 5.22. The smallest absolute Gasteiger partial charge is 0.147 e. The Hall–Kier alpha value is -1.72. The molecule has 2 atom stereocenters. The molecule has 0 saturated heterocycles. The van der Waals surface area contributed by atoms with Gasteiger partial charge in [-0.2, -0.15) is 10.2 Å². The quantitative estimate of drug-likeness (QED) is 0.838. The molecular weight excluding hydrogens is 312 g/mol. The van der Waals surface area contributed by atoms with Crippen LogP contribution in [0.15, 0.2) is 12.7 Å². The van der Waals surface area contributed by atoms with Crippen LogP contribution in [0.5, 0.6) is 0 Å². The van der Waals surface area contributed by atoms with E-state index in [-0.39, 0.29) is 11.0 Å². The summed E-state index contributed by atoms with van der Waals surface area (Å²) in [7, 11) is 0. The Labute approximate surface area is 149 Å². The number of rotatable bonds is 5. The largest absolute Gasteiger partial charge is 0.249 e. The third-order valence-corrected chi connectivity index (χ3v) is 6.91. The van der Waals surface area contributed by atoms with Gasteiger partial charge in [0.1, 0.15) is 24.3 Å². The first kappa shape index (κ1) is 15.5. The molecule has 0 spiro atoms. The normalized spacial score (nSPS) is 36.2. The van der Waals surface area contributed by atoms with Crippen molar-refractivity contribution in [3.05, 3.63) is 24.3 Å². The van der Waals surface area contributed by atoms with Crippen molar-refractivity contribution in [1.29, 1.82) is 0 Å². The molecule has 25 heavy (non-hydrogen) atoms. The molecule has 0 unspecified atom stereocenters. The first-order valence-corrected chi connectivity index (χ1v) is 9.89. The minimum absolute atomic E-state index is 0.149. The SMILES string of the molecule is CCCCn1nc(C)nc1C12C[C@@H]3C[C@@H](C1)CC(n1cncn1)(C3)C2. The lowest BCUT2D eigenvalue weighted by Crippen LogP contribution is -2.59.